The Morgan fingerprint density at radius 1 is 1.10 bits per heavy atom. The van der Waals surface area contributed by atoms with Crippen LogP contribution in [0.1, 0.15) is 10.4 Å². The zero-order chi connectivity index (χ0) is 21.5. The molecule has 0 spiro atoms. The molecule has 2 aliphatic heterocycles. The average Bonchev–Trinajstić information content (AvgIpc) is 3.18. The van der Waals surface area contributed by atoms with Crippen LogP contribution in [-0.2, 0) is 9.84 Å². The molecular weight excluding hydrogens is 492 g/mol. The number of benzene rings is 2. The van der Waals surface area contributed by atoms with Gasteiger partial charge in [0.2, 0.25) is 0 Å². The molecule has 2 aliphatic rings. The molecule has 0 unspecified atom stereocenters. The summed E-state index contributed by atoms with van der Waals surface area (Å²) in [5.74, 6) is 0.662. The fourth-order valence-electron chi connectivity index (χ4n) is 3.59. The van der Waals surface area contributed by atoms with Crippen LogP contribution in [0.25, 0.3) is 0 Å². The molecular formula is C20H19BrN2O5S2. The first-order chi connectivity index (χ1) is 14.3. The number of nitrogens with zero attached hydrogens (tertiary/aromatic N) is 2. The Hall–Kier alpha value is -2.04. The predicted octanol–water partition coefficient (Wildman–Crippen LogP) is 3.38. The quantitative estimate of drug-likeness (QED) is 0.622. The molecule has 2 fully saturated rings. The van der Waals surface area contributed by atoms with Gasteiger partial charge in [-0.2, -0.15) is 4.99 Å². The van der Waals surface area contributed by atoms with Gasteiger partial charge in [-0.15, -0.1) is 0 Å². The van der Waals surface area contributed by atoms with Gasteiger partial charge in [0.15, 0.2) is 26.5 Å². The van der Waals surface area contributed by atoms with E-state index in [9.17, 15) is 13.2 Å². The van der Waals surface area contributed by atoms with Crippen molar-refractivity contribution in [1.29, 1.82) is 0 Å². The standard InChI is InChI=1S/C20H19BrN2O5S2/c1-27-16-8-3-12(9-17(16)28-2)19(24)22-20-23(14-6-4-13(21)5-7-14)15-10-30(25,26)11-18(15)29-20/h3-9,15,18H,10-11H2,1-2H3/t15-,18+/m1/s1. The predicted molar refractivity (Wildman–Crippen MR) is 122 cm³/mol. The van der Waals surface area contributed by atoms with Crippen LogP contribution < -0.4 is 14.4 Å². The van der Waals surface area contributed by atoms with Gasteiger partial charge in [0.05, 0.1) is 31.8 Å². The number of sulfone groups is 1. The number of aliphatic imine (C=N–C) groups is 1. The van der Waals surface area contributed by atoms with E-state index in [1.54, 1.807) is 18.2 Å². The molecule has 2 aromatic carbocycles. The summed E-state index contributed by atoms with van der Waals surface area (Å²) in [4.78, 5) is 19.1. The number of carbonyl (C=O) groups is 1. The van der Waals surface area contributed by atoms with Crippen LogP contribution >= 0.6 is 27.7 Å². The fourth-order valence-corrected chi connectivity index (χ4v) is 7.77. The minimum absolute atomic E-state index is 0.0459. The van der Waals surface area contributed by atoms with Crippen molar-refractivity contribution in [1.82, 2.24) is 0 Å². The zero-order valence-electron chi connectivity index (χ0n) is 16.2. The number of amides is 1. The van der Waals surface area contributed by atoms with E-state index in [1.807, 2.05) is 29.2 Å². The van der Waals surface area contributed by atoms with E-state index in [4.69, 9.17) is 9.47 Å². The molecule has 10 heteroatoms. The number of rotatable bonds is 4. The number of ether oxygens (including phenoxy) is 2. The van der Waals surface area contributed by atoms with Crippen LogP contribution in [0.2, 0.25) is 0 Å². The monoisotopic (exact) mass is 510 g/mol. The summed E-state index contributed by atoms with van der Waals surface area (Å²) in [5, 5.41) is 0.345. The lowest BCUT2D eigenvalue weighted by Gasteiger charge is -2.24. The number of halogens is 1. The number of thioether (sulfide) groups is 1. The molecule has 30 heavy (non-hydrogen) atoms. The van der Waals surface area contributed by atoms with Crippen molar-refractivity contribution in [2.75, 3.05) is 30.6 Å². The normalized spacial score (nSPS) is 23.4. The molecule has 1 amide bonds. The van der Waals surface area contributed by atoms with E-state index >= 15 is 0 Å². The molecule has 0 radical (unpaired) electrons. The van der Waals surface area contributed by atoms with Crippen molar-refractivity contribution in [2.24, 2.45) is 4.99 Å². The second-order valence-corrected chi connectivity index (χ2v) is 11.2. The second-order valence-electron chi connectivity index (χ2n) is 6.92. The van der Waals surface area contributed by atoms with Crippen molar-refractivity contribution >= 4 is 54.3 Å². The Balaban J connectivity index is 1.70. The van der Waals surface area contributed by atoms with Crippen LogP contribution in [0.4, 0.5) is 5.69 Å². The molecule has 2 saturated heterocycles. The zero-order valence-corrected chi connectivity index (χ0v) is 19.5. The topological polar surface area (TPSA) is 85.3 Å². The van der Waals surface area contributed by atoms with E-state index in [0.717, 1.165) is 10.2 Å². The molecule has 0 saturated carbocycles. The Morgan fingerprint density at radius 3 is 2.47 bits per heavy atom. The van der Waals surface area contributed by atoms with Gasteiger partial charge in [0.1, 0.15) is 0 Å². The summed E-state index contributed by atoms with van der Waals surface area (Å²) in [6, 6.07) is 12.1. The van der Waals surface area contributed by atoms with Gasteiger partial charge < -0.3 is 14.4 Å². The molecule has 7 nitrogen and oxygen atoms in total. The number of methoxy groups -OCH3 is 2. The maximum Gasteiger partial charge on any atom is 0.279 e. The average molecular weight is 511 g/mol. The smallest absolute Gasteiger partial charge is 0.279 e. The van der Waals surface area contributed by atoms with Crippen molar-refractivity contribution in [3.8, 4) is 11.5 Å². The molecule has 158 valence electrons. The highest BCUT2D eigenvalue weighted by atomic mass is 79.9. The summed E-state index contributed by atoms with van der Waals surface area (Å²) >= 11 is 4.75. The van der Waals surface area contributed by atoms with Crippen LogP contribution in [-0.4, -0.2) is 56.5 Å². The molecule has 0 N–H and O–H groups in total. The minimum Gasteiger partial charge on any atom is -0.493 e. The third-order valence-corrected chi connectivity index (χ3v) is 8.74. The number of carbonyl (C=O) groups excluding carboxylic acids is 1. The van der Waals surface area contributed by atoms with Crippen molar-refractivity contribution in [3.63, 3.8) is 0 Å². The summed E-state index contributed by atoms with van der Waals surface area (Å²) in [6.07, 6.45) is 0. The summed E-state index contributed by atoms with van der Waals surface area (Å²) in [7, 11) is -0.0903. The van der Waals surface area contributed by atoms with E-state index in [0.29, 0.717) is 22.2 Å². The number of fused-ring (bicyclic) bond motifs is 1. The highest BCUT2D eigenvalue weighted by Crippen LogP contribution is 2.41. The number of hydrogen-bond acceptors (Lipinski definition) is 6. The Labute approximate surface area is 187 Å². The third-order valence-electron chi connectivity index (χ3n) is 5.00. The first-order valence-electron chi connectivity index (χ1n) is 9.08. The SMILES string of the molecule is COc1ccc(C(=O)N=C2S[C@H]3CS(=O)(=O)C[C@H]3N2c2ccc(Br)cc2)cc1OC. The molecule has 4 rings (SSSR count). The van der Waals surface area contributed by atoms with Gasteiger partial charge in [-0.1, -0.05) is 27.7 Å². The summed E-state index contributed by atoms with van der Waals surface area (Å²) < 4.78 is 35.7. The van der Waals surface area contributed by atoms with Gasteiger partial charge in [-0.3, -0.25) is 4.79 Å². The van der Waals surface area contributed by atoms with Gasteiger partial charge >= 0.3 is 0 Å². The molecule has 0 aliphatic carbocycles. The molecule has 2 aromatic rings. The van der Waals surface area contributed by atoms with Gasteiger partial charge in [-0.05, 0) is 42.5 Å². The maximum absolute atomic E-state index is 12.9. The minimum atomic E-state index is -3.12. The lowest BCUT2D eigenvalue weighted by Crippen LogP contribution is -2.37. The first-order valence-corrected chi connectivity index (χ1v) is 12.6. The molecule has 2 heterocycles. The molecule has 2 atom stereocenters. The van der Waals surface area contributed by atoms with Crippen LogP contribution in [0.15, 0.2) is 51.9 Å². The lowest BCUT2D eigenvalue weighted by molar-refractivity contribution is 0.100. The Morgan fingerprint density at radius 2 is 1.80 bits per heavy atom. The lowest BCUT2D eigenvalue weighted by atomic mass is 10.2. The van der Waals surface area contributed by atoms with Crippen LogP contribution in [0.5, 0.6) is 11.5 Å². The van der Waals surface area contributed by atoms with Gasteiger partial charge in [0.25, 0.3) is 5.91 Å². The van der Waals surface area contributed by atoms with Crippen LogP contribution in [0.3, 0.4) is 0 Å². The maximum atomic E-state index is 12.9. The van der Waals surface area contributed by atoms with Gasteiger partial charge in [-0.25, -0.2) is 8.42 Å². The molecule has 0 bridgehead atoms. The third kappa shape index (κ3) is 4.08. The Bertz CT molecular complexity index is 1120. The van der Waals surface area contributed by atoms with Gasteiger partial charge in [0, 0.05) is 21.0 Å². The summed E-state index contributed by atoms with van der Waals surface area (Å²) in [5.41, 5.74) is 1.16. The second kappa shape index (κ2) is 8.24. The van der Waals surface area contributed by atoms with Crippen molar-refractivity contribution < 1.29 is 22.7 Å². The van der Waals surface area contributed by atoms with E-state index in [-0.39, 0.29) is 22.8 Å². The van der Waals surface area contributed by atoms with E-state index < -0.39 is 15.7 Å². The Kier molecular flexibility index (Phi) is 5.82. The number of amidine groups is 1. The van der Waals surface area contributed by atoms with E-state index in [1.165, 1.54) is 26.0 Å². The highest BCUT2D eigenvalue weighted by molar-refractivity contribution is 9.10. The summed E-state index contributed by atoms with van der Waals surface area (Å²) in [6.45, 7) is 0. The van der Waals surface area contributed by atoms with Crippen LogP contribution in [0, 0.1) is 0 Å². The van der Waals surface area contributed by atoms with Crippen molar-refractivity contribution in [2.45, 2.75) is 11.3 Å². The first kappa shape index (κ1) is 21.2. The van der Waals surface area contributed by atoms with E-state index in [2.05, 4.69) is 20.9 Å². The van der Waals surface area contributed by atoms with Crippen molar-refractivity contribution in [3.05, 3.63) is 52.5 Å². The molecule has 0 aromatic heterocycles. The largest absolute Gasteiger partial charge is 0.493 e. The number of hydrogen-bond donors (Lipinski definition) is 0. The number of anilines is 1. The fraction of sp³-hybridized carbons (Fsp3) is 0.300. The highest BCUT2D eigenvalue weighted by Gasteiger charge is 2.49.